The summed E-state index contributed by atoms with van der Waals surface area (Å²) in [5.41, 5.74) is -0.191. The predicted octanol–water partition coefficient (Wildman–Crippen LogP) is 4.75. The van der Waals surface area contributed by atoms with E-state index in [0.717, 1.165) is 49.6 Å². The quantitative estimate of drug-likeness (QED) is 0.154. The van der Waals surface area contributed by atoms with Crippen molar-refractivity contribution in [1.82, 2.24) is 9.55 Å². The average Bonchev–Trinajstić information content (AvgIpc) is 2.78. The Labute approximate surface area is 188 Å². The van der Waals surface area contributed by atoms with Gasteiger partial charge in [0.25, 0.3) is 5.56 Å². The molecule has 2 aromatic carbocycles. The molecule has 0 spiro atoms. The molecule has 0 aliphatic heterocycles. The van der Waals surface area contributed by atoms with Crippen molar-refractivity contribution in [3.8, 4) is 0 Å². The van der Waals surface area contributed by atoms with Crippen molar-refractivity contribution in [2.75, 3.05) is 11.1 Å². The van der Waals surface area contributed by atoms with Crippen LogP contribution in [0.15, 0.2) is 52.4 Å². The zero-order valence-electron chi connectivity index (χ0n) is 17.5. The maximum atomic E-state index is 13.5. The Morgan fingerprint density at radius 2 is 2.00 bits per heavy atom. The van der Waals surface area contributed by atoms with Crippen LogP contribution in [-0.2, 0) is 11.3 Å². The molecule has 0 unspecified atom stereocenters. The van der Waals surface area contributed by atoms with Gasteiger partial charge in [-0.3, -0.25) is 24.3 Å². The zero-order valence-corrected chi connectivity index (χ0v) is 18.4. The smallest absolute Gasteiger partial charge is 0.306 e. The fourth-order valence-electron chi connectivity index (χ4n) is 3.21. The fraction of sp³-hybridized carbons (Fsp3) is 0.318. The van der Waals surface area contributed by atoms with Crippen LogP contribution in [0.25, 0.3) is 10.9 Å². The number of fused-ring (bicyclic) bond motifs is 1. The number of aromatic nitrogens is 2. The highest BCUT2D eigenvalue weighted by Gasteiger charge is 2.17. The first-order valence-corrected chi connectivity index (χ1v) is 11.3. The van der Waals surface area contributed by atoms with Crippen molar-refractivity contribution in [2.45, 2.75) is 44.3 Å². The van der Waals surface area contributed by atoms with Gasteiger partial charge in [0.1, 0.15) is 0 Å². The Kier molecular flexibility index (Phi) is 7.93. The van der Waals surface area contributed by atoms with Gasteiger partial charge in [-0.1, -0.05) is 50.1 Å². The van der Waals surface area contributed by atoms with Crippen LogP contribution in [0.4, 0.5) is 15.8 Å². The highest BCUT2D eigenvalue weighted by atomic mass is 32.2. The highest BCUT2D eigenvalue weighted by molar-refractivity contribution is 7.99. The molecule has 1 heterocycles. The standard InChI is InChI=1S/C22H23FN4O4S/c1-2-3-4-7-12-26-21(29)16-8-5-6-9-18(16)25-22(26)32-14-20(28)24-15-10-11-17(23)19(13-15)27(30)31/h5-6,8-11,13H,2-4,7,12,14H2,1H3,(H,24,28). The van der Waals surface area contributed by atoms with E-state index in [1.807, 2.05) is 0 Å². The maximum absolute atomic E-state index is 13.5. The number of carbonyl (C=O) groups is 1. The van der Waals surface area contributed by atoms with Crippen molar-refractivity contribution < 1.29 is 14.1 Å². The zero-order chi connectivity index (χ0) is 23.1. The lowest BCUT2D eigenvalue weighted by atomic mass is 10.2. The van der Waals surface area contributed by atoms with E-state index in [2.05, 4.69) is 17.2 Å². The monoisotopic (exact) mass is 458 g/mol. The van der Waals surface area contributed by atoms with Crippen LogP contribution >= 0.6 is 11.8 Å². The molecule has 0 aliphatic carbocycles. The lowest BCUT2D eigenvalue weighted by molar-refractivity contribution is -0.387. The number of hydrogen-bond acceptors (Lipinski definition) is 6. The van der Waals surface area contributed by atoms with E-state index < -0.39 is 22.3 Å². The van der Waals surface area contributed by atoms with Gasteiger partial charge < -0.3 is 5.32 Å². The minimum atomic E-state index is -0.977. The van der Waals surface area contributed by atoms with Crippen molar-refractivity contribution >= 4 is 39.9 Å². The highest BCUT2D eigenvalue weighted by Crippen LogP contribution is 2.23. The first-order chi connectivity index (χ1) is 15.4. The number of nitrogens with one attached hydrogen (secondary N) is 1. The van der Waals surface area contributed by atoms with Crippen LogP contribution in [0.2, 0.25) is 0 Å². The molecule has 0 saturated carbocycles. The van der Waals surface area contributed by atoms with Gasteiger partial charge in [-0.05, 0) is 30.7 Å². The number of nitrogens with zero attached hydrogens (tertiary/aromatic N) is 3. The molecule has 8 nitrogen and oxygen atoms in total. The molecule has 3 aromatic rings. The number of thioether (sulfide) groups is 1. The summed E-state index contributed by atoms with van der Waals surface area (Å²) in [5, 5.41) is 14.4. The molecular formula is C22H23FN4O4S. The number of para-hydroxylation sites is 1. The topological polar surface area (TPSA) is 107 Å². The molecule has 1 N–H and O–H groups in total. The second-order valence-electron chi connectivity index (χ2n) is 7.19. The minimum Gasteiger partial charge on any atom is -0.325 e. The average molecular weight is 459 g/mol. The molecule has 0 aliphatic rings. The minimum absolute atomic E-state index is 0.0646. The van der Waals surface area contributed by atoms with Crippen LogP contribution in [0.3, 0.4) is 0 Å². The van der Waals surface area contributed by atoms with Gasteiger partial charge in [-0.15, -0.1) is 0 Å². The number of nitro groups is 1. The van der Waals surface area contributed by atoms with E-state index >= 15 is 0 Å². The molecule has 0 bridgehead atoms. The third-order valence-corrected chi connectivity index (χ3v) is 5.80. The van der Waals surface area contributed by atoms with Gasteiger partial charge in [0.05, 0.1) is 21.6 Å². The van der Waals surface area contributed by atoms with Gasteiger partial charge in [0, 0.05) is 18.3 Å². The summed E-state index contributed by atoms with van der Waals surface area (Å²) < 4.78 is 15.1. The molecule has 0 atom stereocenters. The third-order valence-electron chi connectivity index (χ3n) is 4.82. The number of benzene rings is 2. The van der Waals surface area contributed by atoms with Crippen molar-refractivity contribution in [1.29, 1.82) is 0 Å². The third kappa shape index (κ3) is 5.70. The lowest BCUT2D eigenvalue weighted by Gasteiger charge is -2.13. The molecule has 0 saturated heterocycles. The van der Waals surface area contributed by atoms with Crippen LogP contribution in [0.1, 0.15) is 32.6 Å². The van der Waals surface area contributed by atoms with Crippen LogP contribution < -0.4 is 10.9 Å². The molecule has 168 valence electrons. The number of amides is 1. The second-order valence-corrected chi connectivity index (χ2v) is 8.13. The lowest BCUT2D eigenvalue weighted by Crippen LogP contribution is -2.24. The normalized spacial score (nSPS) is 10.9. The molecule has 0 radical (unpaired) electrons. The number of carbonyl (C=O) groups excluding carboxylic acids is 1. The van der Waals surface area contributed by atoms with E-state index in [1.165, 1.54) is 6.07 Å². The predicted molar refractivity (Wildman–Crippen MR) is 123 cm³/mol. The van der Waals surface area contributed by atoms with Gasteiger partial charge in [0.2, 0.25) is 11.7 Å². The van der Waals surface area contributed by atoms with Gasteiger partial charge in [0.15, 0.2) is 5.16 Å². The molecule has 32 heavy (non-hydrogen) atoms. The summed E-state index contributed by atoms with van der Waals surface area (Å²) in [5.74, 6) is -1.49. The summed E-state index contributed by atoms with van der Waals surface area (Å²) in [6.07, 6.45) is 3.97. The first-order valence-electron chi connectivity index (χ1n) is 10.3. The number of unbranched alkanes of at least 4 members (excludes halogenated alkanes) is 3. The number of halogens is 1. The Balaban J connectivity index is 1.77. The van der Waals surface area contributed by atoms with E-state index in [-0.39, 0.29) is 17.0 Å². The summed E-state index contributed by atoms with van der Waals surface area (Å²) >= 11 is 1.11. The second kappa shape index (κ2) is 10.9. The van der Waals surface area contributed by atoms with Crippen molar-refractivity contribution in [3.05, 3.63) is 68.7 Å². The molecule has 1 aromatic heterocycles. The van der Waals surface area contributed by atoms with E-state index in [4.69, 9.17) is 0 Å². The number of rotatable bonds is 10. The Morgan fingerprint density at radius 1 is 1.22 bits per heavy atom. The number of nitro benzene ring substituents is 1. The van der Waals surface area contributed by atoms with Crippen LogP contribution in [0.5, 0.6) is 0 Å². The van der Waals surface area contributed by atoms with E-state index in [1.54, 1.807) is 28.8 Å². The largest absolute Gasteiger partial charge is 0.325 e. The summed E-state index contributed by atoms with van der Waals surface area (Å²) in [4.78, 5) is 40.0. The summed E-state index contributed by atoms with van der Waals surface area (Å²) in [6, 6.07) is 10.2. The van der Waals surface area contributed by atoms with Gasteiger partial charge in [-0.2, -0.15) is 4.39 Å². The van der Waals surface area contributed by atoms with E-state index in [0.29, 0.717) is 22.6 Å². The Bertz CT molecular complexity index is 1200. The summed E-state index contributed by atoms with van der Waals surface area (Å²) in [6.45, 7) is 2.62. The molecular weight excluding hydrogens is 435 g/mol. The molecule has 3 rings (SSSR count). The molecule has 10 heteroatoms. The van der Waals surface area contributed by atoms with Gasteiger partial charge in [-0.25, -0.2) is 4.98 Å². The number of anilines is 1. The number of hydrogen-bond donors (Lipinski definition) is 1. The first kappa shape index (κ1) is 23.4. The summed E-state index contributed by atoms with van der Waals surface area (Å²) in [7, 11) is 0. The Morgan fingerprint density at radius 3 is 2.75 bits per heavy atom. The van der Waals surface area contributed by atoms with Crippen LogP contribution in [0, 0.1) is 15.9 Å². The molecule has 1 amide bonds. The maximum Gasteiger partial charge on any atom is 0.306 e. The van der Waals surface area contributed by atoms with Gasteiger partial charge >= 0.3 is 5.69 Å². The molecule has 0 fully saturated rings. The van der Waals surface area contributed by atoms with E-state index in [9.17, 15) is 24.1 Å². The van der Waals surface area contributed by atoms with Crippen molar-refractivity contribution in [3.63, 3.8) is 0 Å². The van der Waals surface area contributed by atoms with Crippen molar-refractivity contribution in [2.24, 2.45) is 0 Å². The Hall–Kier alpha value is -3.27. The fourth-order valence-corrected chi connectivity index (χ4v) is 4.03. The van der Waals surface area contributed by atoms with Crippen LogP contribution in [-0.4, -0.2) is 26.1 Å². The SMILES string of the molecule is CCCCCCn1c(SCC(=O)Nc2ccc(F)c([N+](=O)[O-])c2)nc2ccccc2c1=O.